The van der Waals surface area contributed by atoms with E-state index >= 15 is 0 Å². The quantitative estimate of drug-likeness (QED) is 0.136. The largest absolute Gasteiger partial charge is 0.444 e. The van der Waals surface area contributed by atoms with Crippen molar-refractivity contribution in [2.75, 3.05) is 32.4 Å². The summed E-state index contributed by atoms with van der Waals surface area (Å²) < 4.78 is 52.2. The van der Waals surface area contributed by atoms with Gasteiger partial charge in [0.2, 0.25) is 5.28 Å². The molecule has 2 amide bonds. The third-order valence-corrected chi connectivity index (χ3v) is 10.8. The summed E-state index contributed by atoms with van der Waals surface area (Å²) >= 11 is 6.35. The summed E-state index contributed by atoms with van der Waals surface area (Å²) in [5, 5.41) is 5.01. The first-order valence-corrected chi connectivity index (χ1v) is 21.4. The van der Waals surface area contributed by atoms with E-state index in [1.807, 2.05) is 96.5 Å². The highest BCUT2D eigenvalue weighted by molar-refractivity contribution is 7.89. The van der Waals surface area contributed by atoms with E-state index in [0.717, 1.165) is 15.9 Å². The van der Waals surface area contributed by atoms with Crippen LogP contribution >= 0.6 is 11.6 Å². The number of halogens is 1. The molecule has 1 saturated carbocycles. The molecule has 0 unspecified atom stereocenters. The Morgan fingerprint density at radius 3 is 2.21 bits per heavy atom. The highest BCUT2D eigenvalue weighted by Gasteiger charge is 2.55. The fourth-order valence-corrected chi connectivity index (χ4v) is 8.10. The molecular weight excluding hydrogens is 774 g/mol. The van der Waals surface area contributed by atoms with Crippen LogP contribution in [0.1, 0.15) is 79.8 Å². The molecule has 17 heteroatoms. The molecule has 1 saturated heterocycles. The summed E-state index contributed by atoms with van der Waals surface area (Å²) in [7, 11) is -3.62. The molecule has 1 aliphatic heterocycles. The van der Waals surface area contributed by atoms with Crippen LogP contribution in [0.2, 0.25) is 5.28 Å². The maximum Gasteiger partial charge on any atom is 0.410 e. The van der Waals surface area contributed by atoms with Crippen LogP contribution in [-0.4, -0.2) is 116 Å². The van der Waals surface area contributed by atoms with Crippen LogP contribution in [0.5, 0.6) is 0 Å². The van der Waals surface area contributed by atoms with Crippen molar-refractivity contribution in [2.45, 2.75) is 110 Å². The second kappa shape index (κ2) is 16.2. The predicted octanol–water partition coefficient (Wildman–Crippen LogP) is 6.94. The molecule has 4 heterocycles. The lowest BCUT2D eigenvalue weighted by atomic mass is 10.0. The van der Waals surface area contributed by atoms with E-state index in [2.05, 4.69) is 15.1 Å². The van der Waals surface area contributed by atoms with E-state index in [4.69, 9.17) is 30.5 Å². The lowest BCUT2D eigenvalue weighted by molar-refractivity contribution is -0.160. The number of rotatable bonds is 12. The van der Waals surface area contributed by atoms with Gasteiger partial charge in [-0.3, -0.25) is 0 Å². The van der Waals surface area contributed by atoms with Gasteiger partial charge in [0.1, 0.15) is 23.0 Å². The number of ether oxygens (including phenoxy) is 4. The first-order chi connectivity index (χ1) is 26.6. The molecule has 0 N–H and O–H groups in total. The lowest BCUT2D eigenvalue weighted by Crippen LogP contribution is -2.44. The molecule has 15 nitrogen and oxygen atoms in total. The van der Waals surface area contributed by atoms with Gasteiger partial charge in [-0.25, -0.2) is 23.0 Å². The topological polar surface area (TPSA) is 160 Å². The summed E-state index contributed by atoms with van der Waals surface area (Å²) in [6.07, 6.45) is 5.89. The number of hydrogen-bond acceptors (Lipinski definition) is 11. The fourth-order valence-electron chi connectivity index (χ4n) is 7.46. The minimum Gasteiger partial charge on any atom is -0.444 e. The normalized spacial score (nSPS) is 20.7. The molecule has 3 aromatic heterocycles. The highest BCUT2D eigenvalue weighted by atomic mass is 35.5. The monoisotopic (exact) mass is 827 g/mol. The van der Waals surface area contributed by atoms with Crippen molar-refractivity contribution in [1.82, 2.24) is 33.5 Å². The summed E-state index contributed by atoms with van der Waals surface area (Å²) in [5.41, 5.74) is 1.27. The summed E-state index contributed by atoms with van der Waals surface area (Å²) in [6, 6.07) is 11.3. The van der Waals surface area contributed by atoms with E-state index < -0.39 is 51.4 Å². The standard InChI is InChI=1S/C40H54ClN7O8S/c1-38(2,3)55-36(49)45(20-16-26-14-11-10-12-15-26)18-13-19-46(37(50)56-39(4,5)6)24-27-22-31(33-32(27)53-40(7,8)54-33)47-25-29(28-23-42-35(41)43-34(28)47)30-17-21-48(44-30)57(9,51)52/h10-12,14-15,17,21,23,25,27,31-33H,13,16,18-20,22,24H2,1-9H3/t27-,31-,32-,33+/m1/s1. The SMILES string of the molecule is CC(C)(C)OC(=O)N(CCCN(C[C@H]1C[C@@H](n2cc(-c3ccn(S(C)(=O)=O)n3)c3cnc(Cl)nc32)[C@@H]2OC(C)(C)O[C@H]12)C(=O)OC(C)(C)C)CCc1ccccc1. The van der Waals surface area contributed by atoms with E-state index in [-0.39, 0.29) is 17.2 Å². The zero-order chi connectivity index (χ0) is 41.5. The molecule has 1 aromatic carbocycles. The van der Waals surface area contributed by atoms with Crippen LogP contribution in [0.3, 0.4) is 0 Å². The number of nitrogens with zero attached hydrogens (tertiary/aromatic N) is 7. The van der Waals surface area contributed by atoms with Gasteiger partial charge in [0, 0.05) is 61.6 Å². The van der Waals surface area contributed by atoms with Gasteiger partial charge < -0.3 is 33.3 Å². The third kappa shape index (κ3) is 10.4. The van der Waals surface area contributed by atoms with Crippen molar-refractivity contribution in [1.29, 1.82) is 0 Å². The van der Waals surface area contributed by atoms with Gasteiger partial charge in [-0.05, 0) is 97.9 Å². The van der Waals surface area contributed by atoms with Crippen LogP contribution < -0.4 is 0 Å². The Balaban J connectivity index is 1.27. The fraction of sp³-hybridized carbons (Fsp3) is 0.575. The maximum absolute atomic E-state index is 13.9. The lowest BCUT2D eigenvalue weighted by Gasteiger charge is -2.32. The van der Waals surface area contributed by atoms with Gasteiger partial charge in [-0.2, -0.15) is 14.2 Å². The molecule has 0 bridgehead atoms. The van der Waals surface area contributed by atoms with Gasteiger partial charge in [-0.1, -0.05) is 30.3 Å². The molecule has 4 atom stereocenters. The Labute approximate surface area is 339 Å². The van der Waals surface area contributed by atoms with Crippen LogP contribution in [0.15, 0.2) is 55.0 Å². The number of aromatic nitrogens is 5. The number of fused-ring (bicyclic) bond motifs is 2. The molecule has 6 rings (SSSR count). The van der Waals surface area contributed by atoms with Crippen LogP contribution in [0.25, 0.3) is 22.3 Å². The van der Waals surface area contributed by atoms with Crippen LogP contribution in [0.4, 0.5) is 9.59 Å². The number of amides is 2. The van der Waals surface area contributed by atoms with Crippen LogP contribution in [0, 0.1) is 5.92 Å². The van der Waals surface area contributed by atoms with Crippen molar-refractivity contribution < 1.29 is 37.0 Å². The number of carbonyl (C=O) groups excluding carboxylic acids is 2. The molecule has 310 valence electrons. The Hall–Kier alpha value is -4.25. The zero-order valence-electron chi connectivity index (χ0n) is 34.1. The number of carbonyl (C=O) groups is 2. The van der Waals surface area contributed by atoms with Gasteiger partial charge in [-0.15, -0.1) is 0 Å². The average Bonchev–Trinajstić information content (AvgIpc) is 3.86. The van der Waals surface area contributed by atoms with E-state index in [0.29, 0.717) is 67.7 Å². The third-order valence-electron chi connectivity index (χ3n) is 9.76. The van der Waals surface area contributed by atoms with Crippen LogP contribution in [-0.2, 0) is 35.4 Å². The highest BCUT2D eigenvalue weighted by Crippen LogP contribution is 2.49. The smallest absolute Gasteiger partial charge is 0.410 e. The molecule has 2 aliphatic rings. The Morgan fingerprint density at radius 1 is 0.947 bits per heavy atom. The second-order valence-corrected chi connectivity index (χ2v) is 19.5. The van der Waals surface area contributed by atoms with Crippen molar-refractivity contribution in [2.24, 2.45) is 5.92 Å². The maximum atomic E-state index is 13.9. The van der Waals surface area contributed by atoms with Gasteiger partial charge >= 0.3 is 12.2 Å². The summed E-state index contributed by atoms with van der Waals surface area (Å²) in [4.78, 5) is 39.5. The van der Waals surface area contributed by atoms with Crippen molar-refractivity contribution in [3.8, 4) is 11.3 Å². The molecule has 2 fully saturated rings. The molecule has 0 spiro atoms. The first kappa shape index (κ1) is 42.4. The molecule has 57 heavy (non-hydrogen) atoms. The Kier molecular flexibility index (Phi) is 12.0. The summed E-state index contributed by atoms with van der Waals surface area (Å²) in [6.45, 7) is 16.2. The molecule has 0 radical (unpaired) electrons. The van der Waals surface area contributed by atoms with Crippen molar-refractivity contribution in [3.63, 3.8) is 0 Å². The average molecular weight is 828 g/mol. The Bertz CT molecular complexity index is 2180. The summed E-state index contributed by atoms with van der Waals surface area (Å²) in [5.74, 6) is -1.11. The van der Waals surface area contributed by atoms with E-state index in [1.54, 1.807) is 22.1 Å². The molecular formula is C40H54ClN7O8S. The first-order valence-electron chi connectivity index (χ1n) is 19.2. The Morgan fingerprint density at radius 2 is 1.58 bits per heavy atom. The van der Waals surface area contributed by atoms with Gasteiger partial charge in [0.15, 0.2) is 5.79 Å². The minimum absolute atomic E-state index is 0.0466. The van der Waals surface area contributed by atoms with Crippen molar-refractivity contribution in [3.05, 3.63) is 65.8 Å². The molecule has 1 aliphatic carbocycles. The van der Waals surface area contributed by atoms with Crippen molar-refractivity contribution >= 4 is 44.8 Å². The van der Waals surface area contributed by atoms with E-state index in [9.17, 15) is 18.0 Å². The second-order valence-electron chi connectivity index (χ2n) is 17.3. The molecule has 4 aromatic rings. The van der Waals surface area contributed by atoms with Gasteiger partial charge in [0.05, 0.1) is 24.1 Å². The number of hydrogen-bond donors (Lipinski definition) is 0. The zero-order valence-corrected chi connectivity index (χ0v) is 35.7. The predicted molar refractivity (Wildman–Crippen MR) is 215 cm³/mol. The number of benzene rings is 1. The minimum atomic E-state index is -3.62. The van der Waals surface area contributed by atoms with E-state index in [1.165, 1.54) is 6.20 Å². The van der Waals surface area contributed by atoms with Gasteiger partial charge in [0.25, 0.3) is 10.0 Å².